The summed E-state index contributed by atoms with van der Waals surface area (Å²) in [5.74, 6) is -0.270. The highest BCUT2D eigenvalue weighted by atomic mass is 32.2. The average Bonchev–Trinajstić information content (AvgIpc) is 2.46. The normalized spacial score (nSPS) is 23.2. The Kier molecular flexibility index (Phi) is 7.62. The SMILES string of the molecule is CCCN(CCC)S(=O)(=O)NC1CCC(C(=O)OC)CC1. The molecule has 1 saturated carbocycles. The molecule has 0 saturated heterocycles. The third kappa shape index (κ3) is 5.56. The van der Waals surface area contributed by atoms with Gasteiger partial charge in [-0.15, -0.1) is 0 Å². The molecule has 6 nitrogen and oxygen atoms in total. The van der Waals surface area contributed by atoms with E-state index in [0.29, 0.717) is 38.8 Å². The first kappa shape index (κ1) is 18.4. The Bertz CT molecular complexity index is 411. The predicted octanol–water partition coefficient (Wildman–Crippen LogP) is 1.67. The van der Waals surface area contributed by atoms with Crippen molar-refractivity contribution in [1.29, 1.82) is 0 Å². The average molecular weight is 320 g/mol. The van der Waals surface area contributed by atoms with E-state index in [4.69, 9.17) is 4.74 Å². The molecular weight excluding hydrogens is 292 g/mol. The van der Waals surface area contributed by atoms with Gasteiger partial charge >= 0.3 is 5.97 Å². The van der Waals surface area contributed by atoms with Crippen molar-refractivity contribution in [3.05, 3.63) is 0 Å². The molecule has 7 heteroatoms. The lowest BCUT2D eigenvalue weighted by Crippen LogP contribution is -2.47. The van der Waals surface area contributed by atoms with Crippen LogP contribution < -0.4 is 4.72 Å². The first-order valence-electron chi connectivity index (χ1n) is 7.79. The molecule has 1 aliphatic rings. The molecule has 0 atom stereocenters. The van der Waals surface area contributed by atoms with Gasteiger partial charge in [0.25, 0.3) is 10.2 Å². The monoisotopic (exact) mass is 320 g/mol. The number of methoxy groups -OCH3 is 1. The molecule has 1 fully saturated rings. The summed E-state index contributed by atoms with van der Waals surface area (Å²) in [6, 6.07) is -0.0767. The maximum Gasteiger partial charge on any atom is 0.308 e. The molecule has 124 valence electrons. The molecule has 1 N–H and O–H groups in total. The smallest absolute Gasteiger partial charge is 0.308 e. The van der Waals surface area contributed by atoms with Crippen molar-refractivity contribution < 1.29 is 17.9 Å². The van der Waals surface area contributed by atoms with Crippen LogP contribution in [0.25, 0.3) is 0 Å². The van der Waals surface area contributed by atoms with E-state index in [1.165, 1.54) is 11.4 Å². The van der Waals surface area contributed by atoms with E-state index in [-0.39, 0.29) is 17.9 Å². The van der Waals surface area contributed by atoms with Gasteiger partial charge in [-0.3, -0.25) is 4.79 Å². The van der Waals surface area contributed by atoms with E-state index in [0.717, 1.165) is 12.8 Å². The molecule has 1 rings (SSSR count). The molecule has 1 aliphatic carbocycles. The topological polar surface area (TPSA) is 75.7 Å². The number of carbonyl (C=O) groups is 1. The van der Waals surface area contributed by atoms with E-state index < -0.39 is 10.2 Å². The standard InChI is InChI=1S/C14H28N2O4S/c1-4-10-16(11-5-2)21(18,19)15-13-8-6-12(7-9-13)14(17)20-3/h12-13,15H,4-11H2,1-3H3. The third-order valence-electron chi connectivity index (χ3n) is 3.86. The second-order valence-electron chi connectivity index (χ2n) is 5.59. The molecule has 0 unspecified atom stereocenters. The van der Waals surface area contributed by atoms with Crippen molar-refractivity contribution in [1.82, 2.24) is 9.03 Å². The number of hydrogen-bond acceptors (Lipinski definition) is 4. The molecule has 0 spiro atoms. The summed E-state index contributed by atoms with van der Waals surface area (Å²) in [6.07, 6.45) is 4.34. The van der Waals surface area contributed by atoms with Crippen LogP contribution in [0.15, 0.2) is 0 Å². The van der Waals surface area contributed by atoms with Gasteiger partial charge in [0.15, 0.2) is 0 Å². The lowest BCUT2D eigenvalue weighted by molar-refractivity contribution is -0.146. The number of ether oxygens (including phenoxy) is 1. The van der Waals surface area contributed by atoms with Crippen LogP contribution in [0.5, 0.6) is 0 Å². The van der Waals surface area contributed by atoms with Crippen LogP contribution in [0, 0.1) is 5.92 Å². The molecule has 0 aromatic rings. The minimum atomic E-state index is -3.42. The first-order valence-corrected chi connectivity index (χ1v) is 9.23. The maximum absolute atomic E-state index is 12.4. The van der Waals surface area contributed by atoms with E-state index in [1.54, 1.807) is 0 Å². The number of nitrogens with one attached hydrogen (secondary N) is 1. The molecule has 0 aliphatic heterocycles. The Morgan fingerprint density at radius 2 is 1.67 bits per heavy atom. The zero-order valence-electron chi connectivity index (χ0n) is 13.3. The van der Waals surface area contributed by atoms with Gasteiger partial charge in [-0.25, -0.2) is 0 Å². The van der Waals surface area contributed by atoms with Gasteiger partial charge < -0.3 is 4.74 Å². The van der Waals surface area contributed by atoms with Gasteiger partial charge in [0, 0.05) is 19.1 Å². The second kappa shape index (κ2) is 8.70. The van der Waals surface area contributed by atoms with Gasteiger partial charge in [-0.1, -0.05) is 13.8 Å². The number of hydrogen-bond donors (Lipinski definition) is 1. The van der Waals surface area contributed by atoms with Gasteiger partial charge in [0.05, 0.1) is 13.0 Å². The van der Waals surface area contributed by atoms with E-state index in [2.05, 4.69) is 4.72 Å². The Morgan fingerprint density at radius 1 is 1.14 bits per heavy atom. The predicted molar refractivity (Wildman–Crippen MR) is 82.0 cm³/mol. The van der Waals surface area contributed by atoms with Crippen molar-refractivity contribution in [3.8, 4) is 0 Å². The highest BCUT2D eigenvalue weighted by Gasteiger charge is 2.30. The number of nitrogens with zero attached hydrogens (tertiary/aromatic N) is 1. The van der Waals surface area contributed by atoms with E-state index in [1.807, 2.05) is 13.8 Å². The second-order valence-corrected chi connectivity index (χ2v) is 7.30. The van der Waals surface area contributed by atoms with Gasteiger partial charge in [-0.05, 0) is 38.5 Å². The van der Waals surface area contributed by atoms with E-state index in [9.17, 15) is 13.2 Å². The van der Waals surface area contributed by atoms with Crippen LogP contribution >= 0.6 is 0 Å². The largest absolute Gasteiger partial charge is 0.469 e. The van der Waals surface area contributed by atoms with Crippen molar-refractivity contribution in [2.24, 2.45) is 5.92 Å². The molecular formula is C14H28N2O4S. The van der Waals surface area contributed by atoms with Crippen molar-refractivity contribution >= 4 is 16.2 Å². The van der Waals surface area contributed by atoms with Crippen LogP contribution in [0.2, 0.25) is 0 Å². The van der Waals surface area contributed by atoms with Gasteiger partial charge in [-0.2, -0.15) is 17.4 Å². The van der Waals surface area contributed by atoms with Crippen LogP contribution in [0.4, 0.5) is 0 Å². The lowest BCUT2D eigenvalue weighted by atomic mass is 9.86. The summed E-state index contributed by atoms with van der Waals surface area (Å²) < 4.78 is 33.8. The summed E-state index contributed by atoms with van der Waals surface area (Å²) in [5, 5.41) is 0. The quantitative estimate of drug-likeness (QED) is 0.690. The fourth-order valence-electron chi connectivity index (χ4n) is 2.75. The number of carbonyl (C=O) groups excluding carboxylic acids is 1. The summed E-state index contributed by atoms with van der Waals surface area (Å²) >= 11 is 0. The summed E-state index contributed by atoms with van der Waals surface area (Å²) in [5.41, 5.74) is 0. The molecule has 0 amide bonds. The van der Waals surface area contributed by atoms with Gasteiger partial charge in [0.1, 0.15) is 0 Å². The van der Waals surface area contributed by atoms with Crippen LogP contribution in [0.3, 0.4) is 0 Å². The summed E-state index contributed by atoms with van der Waals surface area (Å²) in [4.78, 5) is 11.5. The third-order valence-corrected chi connectivity index (χ3v) is 5.54. The maximum atomic E-state index is 12.4. The van der Waals surface area contributed by atoms with Crippen molar-refractivity contribution in [2.45, 2.75) is 58.4 Å². The zero-order chi connectivity index (χ0) is 15.9. The van der Waals surface area contributed by atoms with E-state index >= 15 is 0 Å². The van der Waals surface area contributed by atoms with Crippen molar-refractivity contribution in [2.75, 3.05) is 20.2 Å². The Hall–Kier alpha value is -0.660. The number of rotatable bonds is 8. The van der Waals surface area contributed by atoms with Crippen molar-refractivity contribution in [3.63, 3.8) is 0 Å². The van der Waals surface area contributed by atoms with Crippen LogP contribution in [0.1, 0.15) is 52.4 Å². The first-order chi connectivity index (χ1) is 9.94. The molecule has 0 aromatic carbocycles. The summed E-state index contributed by atoms with van der Waals surface area (Å²) in [6.45, 7) is 5.03. The lowest BCUT2D eigenvalue weighted by Gasteiger charge is -2.30. The minimum absolute atomic E-state index is 0.0767. The molecule has 21 heavy (non-hydrogen) atoms. The van der Waals surface area contributed by atoms with Crippen LogP contribution in [-0.4, -0.2) is 44.9 Å². The highest BCUT2D eigenvalue weighted by molar-refractivity contribution is 7.87. The Morgan fingerprint density at radius 3 is 2.10 bits per heavy atom. The number of esters is 1. The van der Waals surface area contributed by atoms with Gasteiger partial charge in [0.2, 0.25) is 0 Å². The Labute approximate surface area is 128 Å². The Balaban J connectivity index is 2.54. The highest BCUT2D eigenvalue weighted by Crippen LogP contribution is 2.25. The molecule has 0 bridgehead atoms. The fraction of sp³-hybridized carbons (Fsp3) is 0.929. The molecule has 0 aromatic heterocycles. The zero-order valence-corrected chi connectivity index (χ0v) is 14.1. The molecule has 0 heterocycles. The van der Waals surface area contributed by atoms with Crippen LogP contribution in [-0.2, 0) is 19.7 Å². The summed E-state index contributed by atoms with van der Waals surface area (Å²) in [7, 11) is -2.03. The fourth-order valence-corrected chi connectivity index (χ4v) is 4.40. The molecule has 0 radical (unpaired) electrons. The minimum Gasteiger partial charge on any atom is -0.469 e.